The van der Waals surface area contributed by atoms with Crippen LogP contribution in [0.3, 0.4) is 0 Å². The Bertz CT molecular complexity index is 1200. The Balaban J connectivity index is 2.43. The molecule has 0 aliphatic heterocycles. The summed E-state index contributed by atoms with van der Waals surface area (Å²) in [5.41, 5.74) is 1.59. The molecule has 2 amide bonds. The van der Waals surface area contributed by atoms with Crippen LogP contribution < -0.4 is 30.3 Å². The van der Waals surface area contributed by atoms with Crippen LogP contribution in [-0.4, -0.2) is 40.1 Å². The van der Waals surface area contributed by atoms with E-state index in [4.69, 9.17) is 18.3 Å². The van der Waals surface area contributed by atoms with Gasteiger partial charge < -0.3 is 24.8 Å². The first-order chi connectivity index (χ1) is 16.0. The van der Waals surface area contributed by atoms with Crippen molar-refractivity contribution in [3.8, 4) is 28.4 Å². The summed E-state index contributed by atoms with van der Waals surface area (Å²) in [4.78, 5) is 37.2. The summed E-state index contributed by atoms with van der Waals surface area (Å²) < 4.78 is 39.0. The highest BCUT2D eigenvalue weighted by molar-refractivity contribution is 5.94. The minimum atomic E-state index is -2.78. The third kappa shape index (κ3) is 4.05. The lowest BCUT2D eigenvalue weighted by molar-refractivity contribution is -0.119. The van der Waals surface area contributed by atoms with Crippen molar-refractivity contribution in [2.45, 2.75) is 25.8 Å². The predicted molar refractivity (Wildman–Crippen MR) is 116 cm³/mol. The first-order valence-electron chi connectivity index (χ1n) is 11.1. The molecule has 164 valence electrons. The van der Waals surface area contributed by atoms with Gasteiger partial charge in [0.2, 0.25) is 11.7 Å². The van der Waals surface area contributed by atoms with E-state index >= 15 is 0 Å². The topological polar surface area (TPSA) is 103 Å². The maximum Gasteiger partial charge on any atom is 0.254 e. The Morgan fingerprint density at radius 2 is 1.90 bits per heavy atom. The largest absolute Gasteiger partial charge is 0.493 e. The number of ether oxygens (including phenoxy) is 3. The Morgan fingerprint density at radius 3 is 2.52 bits per heavy atom. The highest BCUT2D eigenvalue weighted by Gasteiger charge is 2.29. The van der Waals surface area contributed by atoms with E-state index < -0.39 is 24.4 Å². The van der Waals surface area contributed by atoms with E-state index in [0.29, 0.717) is 29.5 Å². The SMILES string of the molecule is [2H]C([2H])([2H])Oc1c(OC)cc2c(c1OC)-c1ccc(C(=O)NC)c(=O)cc1C(NC(C)=O)CC2. The lowest BCUT2D eigenvalue weighted by atomic mass is 9.95. The molecule has 31 heavy (non-hydrogen) atoms. The molecule has 0 saturated carbocycles. The maximum absolute atomic E-state index is 12.9. The van der Waals surface area contributed by atoms with Crippen LogP contribution in [0.1, 0.15) is 45.0 Å². The number of amides is 2. The van der Waals surface area contributed by atoms with Crippen molar-refractivity contribution in [2.75, 3.05) is 28.3 Å². The van der Waals surface area contributed by atoms with Crippen molar-refractivity contribution >= 4 is 11.8 Å². The second kappa shape index (κ2) is 9.07. The molecule has 0 radical (unpaired) electrons. The Hall–Kier alpha value is -3.55. The minimum absolute atomic E-state index is 0.0786. The third-order valence-electron chi connectivity index (χ3n) is 5.29. The number of hydrogen-bond acceptors (Lipinski definition) is 6. The summed E-state index contributed by atoms with van der Waals surface area (Å²) in [5, 5.41) is 5.31. The van der Waals surface area contributed by atoms with Gasteiger partial charge in [0.15, 0.2) is 16.9 Å². The summed E-state index contributed by atoms with van der Waals surface area (Å²) >= 11 is 0. The van der Waals surface area contributed by atoms with Gasteiger partial charge in [-0.3, -0.25) is 14.4 Å². The molecule has 8 heteroatoms. The van der Waals surface area contributed by atoms with E-state index in [9.17, 15) is 14.4 Å². The molecule has 2 aromatic carbocycles. The molecule has 8 nitrogen and oxygen atoms in total. The number of carbonyl (C=O) groups is 2. The number of benzene rings is 1. The Kier molecular flexibility index (Phi) is 5.34. The van der Waals surface area contributed by atoms with Crippen molar-refractivity contribution < 1.29 is 27.9 Å². The van der Waals surface area contributed by atoms with E-state index in [-0.39, 0.29) is 28.7 Å². The van der Waals surface area contributed by atoms with Gasteiger partial charge in [-0.15, -0.1) is 0 Å². The fraction of sp³-hybridized carbons (Fsp3) is 0.348. The first-order valence-corrected chi connectivity index (χ1v) is 9.65. The molecule has 0 saturated heterocycles. The van der Waals surface area contributed by atoms with Crippen LogP contribution in [0.25, 0.3) is 11.1 Å². The first kappa shape index (κ1) is 18.2. The molecular weight excluding hydrogens is 400 g/mol. The quantitative estimate of drug-likeness (QED) is 0.756. The van der Waals surface area contributed by atoms with Crippen LogP contribution in [-0.2, 0) is 11.2 Å². The number of hydrogen-bond donors (Lipinski definition) is 2. The Labute approximate surface area is 184 Å². The molecule has 1 unspecified atom stereocenters. The van der Waals surface area contributed by atoms with E-state index in [1.54, 1.807) is 12.1 Å². The predicted octanol–water partition coefficient (Wildman–Crippen LogP) is 2.22. The van der Waals surface area contributed by atoms with E-state index in [1.807, 2.05) is 0 Å². The second-order valence-corrected chi connectivity index (χ2v) is 7.07. The van der Waals surface area contributed by atoms with Gasteiger partial charge in [-0.25, -0.2) is 0 Å². The normalized spacial score (nSPS) is 16.3. The molecule has 2 aromatic rings. The molecule has 3 rings (SSSR count). The van der Waals surface area contributed by atoms with Crippen molar-refractivity contribution in [1.82, 2.24) is 10.6 Å². The molecule has 1 aliphatic rings. The average Bonchev–Trinajstić information content (AvgIpc) is 3.01. The standard InChI is InChI=1S/C23H26N2O6/c1-12(26)25-17-9-6-13-10-19(29-3)21(30-4)22(31-5)20(13)14-7-8-15(23(28)24-2)18(27)11-16(14)17/h7-8,10-11,17H,6,9H2,1-5H3,(H,24,28)(H,25,26)/i4D3. The molecule has 0 fully saturated rings. The highest BCUT2D eigenvalue weighted by Crippen LogP contribution is 2.50. The fourth-order valence-corrected chi connectivity index (χ4v) is 3.93. The van der Waals surface area contributed by atoms with Gasteiger partial charge in [-0.05, 0) is 47.7 Å². The number of fused-ring (bicyclic) bond motifs is 3. The lowest BCUT2D eigenvalue weighted by Crippen LogP contribution is -2.27. The van der Waals surface area contributed by atoms with Gasteiger partial charge in [0.25, 0.3) is 5.91 Å². The zero-order chi connectivity index (χ0) is 25.2. The third-order valence-corrected chi connectivity index (χ3v) is 5.29. The van der Waals surface area contributed by atoms with Crippen molar-refractivity contribution in [1.29, 1.82) is 0 Å². The molecule has 1 aliphatic carbocycles. The van der Waals surface area contributed by atoms with E-state index in [2.05, 4.69) is 10.6 Å². The van der Waals surface area contributed by atoms with Gasteiger partial charge in [0, 0.05) is 19.5 Å². The number of aryl methyl sites for hydroxylation is 1. The van der Waals surface area contributed by atoms with Crippen LogP contribution in [0.4, 0.5) is 0 Å². The summed E-state index contributed by atoms with van der Waals surface area (Å²) in [5.74, 6) is -0.687. The summed E-state index contributed by atoms with van der Waals surface area (Å²) in [6.45, 7) is 1.38. The minimum Gasteiger partial charge on any atom is -0.493 e. The molecule has 2 N–H and O–H groups in total. The second-order valence-electron chi connectivity index (χ2n) is 7.07. The average molecular weight is 429 g/mol. The zero-order valence-electron chi connectivity index (χ0n) is 20.8. The summed E-state index contributed by atoms with van der Waals surface area (Å²) in [6.07, 6.45) is 0.889. The molecule has 0 bridgehead atoms. The van der Waals surface area contributed by atoms with Gasteiger partial charge in [-0.2, -0.15) is 0 Å². The summed E-state index contributed by atoms with van der Waals surface area (Å²) in [7, 11) is 1.40. The number of rotatable bonds is 5. The molecule has 0 spiro atoms. The van der Waals surface area contributed by atoms with Crippen molar-refractivity contribution in [3.63, 3.8) is 0 Å². The van der Waals surface area contributed by atoms with Gasteiger partial charge >= 0.3 is 0 Å². The lowest BCUT2D eigenvalue weighted by Gasteiger charge is -2.19. The number of methoxy groups -OCH3 is 3. The van der Waals surface area contributed by atoms with E-state index in [1.165, 1.54) is 40.3 Å². The number of carbonyl (C=O) groups excluding carboxylic acids is 2. The fourth-order valence-electron chi connectivity index (χ4n) is 3.93. The van der Waals surface area contributed by atoms with Crippen LogP contribution in [0, 0.1) is 0 Å². The zero-order valence-corrected chi connectivity index (χ0v) is 17.8. The maximum atomic E-state index is 12.9. The van der Waals surface area contributed by atoms with Crippen LogP contribution in [0.2, 0.25) is 0 Å². The van der Waals surface area contributed by atoms with Gasteiger partial charge in [0.1, 0.15) is 0 Å². The van der Waals surface area contributed by atoms with Crippen molar-refractivity contribution in [2.24, 2.45) is 0 Å². The number of nitrogens with one attached hydrogen (secondary N) is 2. The van der Waals surface area contributed by atoms with Gasteiger partial charge in [0.05, 0.1) is 37.0 Å². The molecule has 0 aromatic heterocycles. The highest BCUT2D eigenvalue weighted by atomic mass is 16.5. The smallest absolute Gasteiger partial charge is 0.254 e. The monoisotopic (exact) mass is 429 g/mol. The van der Waals surface area contributed by atoms with Crippen LogP contribution >= 0.6 is 0 Å². The Morgan fingerprint density at radius 1 is 1.13 bits per heavy atom. The van der Waals surface area contributed by atoms with Gasteiger partial charge in [-0.1, -0.05) is 6.07 Å². The molecule has 1 atom stereocenters. The van der Waals surface area contributed by atoms with Crippen molar-refractivity contribution in [3.05, 3.63) is 51.2 Å². The molecular formula is C23H26N2O6. The van der Waals surface area contributed by atoms with E-state index in [0.717, 1.165) is 5.56 Å². The molecule has 0 heterocycles. The van der Waals surface area contributed by atoms with Crippen LogP contribution in [0.15, 0.2) is 29.1 Å². The van der Waals surface area contributed by atoms with Crippen LogP contribution in [0.5, 0.6) is 17.2 Å². The summed E-state index contributed by atoms with van der Waals surface area (Å²) in [6, 6.07) is 5.43.